The molecule has 0 unspecified atom stereocenters. The number of carbonyl (C=O) groups excluding carboxylic acids is 2. The van der Waals surface area contributed by atoms with E-state index in [1.807, 2.05) is 19.1 Å². The molecule has 0 N–H and O–H groups in total. The maximum absolute atomic E-state index is 12.6. The van der Waals surface area contributed by atoms with Crippen LogP contribution in [0.4, 0.5) is 0 Å². The number of rotatable bonds is 7. The molecule has 2 amide bonds. The van der Waals surface area contributed by atoms with Crippen molar-refractivity contribution in [1.29, 1.82) is 0 Å². The Labute approximate surface area is 181 Å². The topological polar surface area (TPSA) is 74.3 Å². The van der Waals surface area contributed by atoms with Crippen LogP contribution in [0.5, 0.6) is 17.2 Å². The van der Waals surface area contributed by atoms with E-state index < -0.39 is 0 Å². The zero-order valence-corrected chi connectivity index (χ0v) is 19.0. The van der Waals surface area contributed by atoms with E-state index >= 15 is 0 Å². The first-order chi connectivity index (χ1) is 13.9. The Morgan fingerprint density at radius 3 is 2.31 bits per heavy atom. The Kier molecular flexibility index (Phi) is 8.58. The summed E-state index contributed by atoms with van der Waals surface area (Å²) in [6, 6.07) is 3.72. The first-order valence-corrected chi connectivity index (χ1v) is 10.7. The van der Waals surface area contributed by atoms with Gasteiger partial charge in [0.1, 0.15) is 0 Å². The Morgan fingerprint density at radius 2 is 1.83 bits per heavy atom. The molecule has 1 aromatic carbocycles. The van der Waals surface area contributed by atoms with Crippen LogP contribution in [0.15, 0.2) is 12.1 Å². The minimum atomic E-state index is -0.249. The number of imide groups is 1. The van der Waals surface area contributed by atoms with Crippen LogP contribution in [-0.4, -0.2) is 61.3 Å². The molecule has 29 heavy (non-hydrogen) atoms. The van der Waals surface area contributed by atoms with Gasteiger partial charge in [-0.05, 0) is 48.7 Å². The first kappa shape index (κ1) is 23.3. The number of nitrogens with zero attached hydrogens (tertiary/aromatic N) is 1. The van der Waals surface area contributed by atoms with Gasteiger partial charge in [-0.15, -0.1) is 0 Å². The third-order valence-electron chi connectivity index (χ3n) is 4.85. The zero-order valence-electron chi connectivity index (χ0n) is 17.4. The number of methoxy groups -OCH3 is 3. The van der Waals surface area contributed by atoms with E-state index in [1.54, 1.807) is 21.3 Å². The van der Waals surface area contributed by atoms with E-state index in [4.69, 9.17) is 31.2 Å². The molecular weight excluding hydrogens is 414 g/mol. The van der Waals surface area contributed by atoms with Crippen LogP contribution in [-0.2, 0) is 14.3 Å². The summed E-state index contributed by atoms with van der Waals surface area (Å²) in [6.45, 7) is 4.12. The number of thioether (sulfide) groups is 1. The SMILES string of the molecule is CCOC(=S)SC[C@@H]1CN(C(C)=O)C(=O)C[C@H]1c1cc(OC)c(OC)c(OC)c1. The number of amides is 2. The number of piperidine rings is 1. The van der Waals surface area contributed by atoms with Gasteiger partial charge in [0.05, 0.1) is 27.9 Å². The van der Waals surface area contributed by atoms with Crippen molar-refractivity contribution in [2.24, 2.45) is 5.92 Å². The third-order valence-corrected chi connectivity index (χ3v) is 6.27. The average molecular weight is 442 g/mol. The van der Waals surface area contributed by atoms with Gasteiger partial charge in [-0.25, -0.2) is 0 Å². The van der Waals surface area contributed by atoms with E-state index in [-0.39, 0.29) is 30.1 Å². The molecule has 2 atom stereocenters. The van der Waals surface area contributed by atoms with Gasteiger partial charge in [0, 0.05) is 25.6 Å². The molecule has 7 nitrogen and oxygen atoms in total. The molecule has 1 aromatic rings. The molecule has 0 radical (unpaired) electrons. The molecule has 1 fully saturated rings. The van der Waals surface area contributed by atoms with Crippen LogP contribution in [0.25, 0.3) is 0 Å². The summed E-state index contributed by atoms with van der Waals surface area (Å²) in [4.78, 5) is 25.8. The predicted molar refractivity (Wildman–Crippen MR) is 116 cm³/mol. The first-order valence-electron chi connectivity index (χ1n) is 9.26. The minimum absolute atomic E-state index is 0.00260. The molecular formula is C20H27NO6S2. The van der Waals surface area contributed by atoms with Gasteiger partial charge in [-0.1, -0.05) is 11.8 Å². The molecule has 1 aliphatic rings. The quantitative estimate of drug-likeness (QED) is 0.597. The average Bonchev–Trinajstić information content (AvgIpc) is 2.71. The van der Waals surface area contributed by atoms with E-state index in [1.165, 1.54) is 23.6 Å². The Bertz CT molecular complexity index is 744. The molecule has 2 rings (SSSR count). The van der Waals surface area contributed by atoms with Gasteiger partial charge in [0.25, 0.3) is 0 Å². The number of ether oxygens (including phenoxy) is 4. The van der Waals surface area contributed by atoms with Crippen molar-refractivity contribution in [2.75, 3.05) is 40.2 Å². The number of thiocarbonyl (C=S) groups is 1. The molecule has 0 spiro atoms. The number of hydrogen-bond donors (Lipinski definition) is 0. The van der Waals surface area contributed by atoms with E-state index in [0.29, 0.717) is 40.5 Å². The Morgan fingerprint density at radius 1 is 1.21 bits per heavy atom. The van der Waals surface area contributed by atoms with Crippen LogP contribution in [0.3, 0.4) is 0 Å². The summed E-state index contributed by atoms with van der Waals surface area (Å²) in [6.07, 6.45) is 0.213. The highest BCUT2D eigenvalue weighted by Crippen LogP contribution is 2.44. The molecule has 160 valence electrons. The standard InChI is InChI=1S/C20H27NO6S2/c1-6-27-20(28)29-11-14-10-21(12(2)22)18(23)9-15(14)13-7-16(24-3)19(26-5)17(8-13)25-4/h7-8,14-15H,6,9-11H2,1-5H3/t14-,15-/m0/s1. The largest absolute Gasteiger partial charge is 0.493 e. The molecule has 1 aliphatic heterocycles. The highest BCUT2D eigenvalue weighted by Gasteiger charge is 2.37. The summed E-state index contributed by atoms with van der Waals surface area (Å²) >= 11 is 6.65. The predicted octanol–water partition coefficient (Wildman–Crippen LogP) is 3.25. The second-order valence-electron chi connectivity index (χ2n) is 6.55. The van der Waals surface area contributed by atoms with Gasteiger partial charge in [-0.2, -0.15) is 0 Å². The van der Waals surface area contributed by atoms with Crippen LogP contribution in [0.2, 0.25) is 0 Å². The summed E-state index contributed by atoms with van der Waals surface area (Å²) < 4.78 is 22.1. The smallest absolute Gasteiger partial charge is 0.229 e. The highest BCUT2D eigenvalue weighted by atomic mass is 32.2. The monoisotopic (exact) mass is 441 g/mol. The minimum Gasteiger partial charge on any atom is -0.493 e. The van der Waals surface area contributed by atoms with E-state index in [2.05, 4.69) is 0 Å². The van der Waals surface area contributed by atoms with Crippen molar-refractivity contribution in [2.45, 2.75) is 26.2 Å². The fraction of sp³-hybridized carbons (Fsp3) is 0.550. The number of benzene rings is 1. The van der Waals surface area contributed by atoms with Crippen LogP contribution >= 0.6 is 24.0 Å². The van der Waals surface area contributed by atoms with Gasteiger partial charge >= 0.3 is 0 Å². The van der Waals surface area contributed by atoms with Crippen LogP contribution in [0.1, 0.15) is 31.7 Å². The maximum atomic E-state index is 12.6. The van der Waals surface area contributed by atoms with Crippen LogP contribution < -0.4 is 14.2 Å². The highest BCUT2D eigenvalue weighted by molar-refractivity contribution is 8.22. The van der Waals surface area contributed by atoms with Gasteiger partial charge in [0.15, 0.2) is 11.5 Å². The lowest BCUT2D eigenvalue weighted by Crippen LogP contribution is -2.46. The van der Waals surface area contributed by atoms with Gasteiger partial charge < -0.3 is 18.9 Å². The van der Waals surface area contributed by atoms with Crippen molar-refractivity contribution in [3.8, 4) is 17.2 Å². The summed E-state index contributed by atoms with van der Waals surface area (Å²) in [7, 11) is 4.65. The van der Waals surface area contributed by atoms with Crippen molar-refractivity contribution in [3.05, 3.63) is 17.7 Å². The molecule has 0 bridgehead atoms. The molecule has 0 saturated carbocycles. The third kappa shape index (κ3) is 5.54. The fourth-order valence-corrected chi connectivity index (χ4v) is 4.65. The van der Waals surface area contributed by atoms with Gasteiger partial charge in [0.2, 0.25) is 21.9 Å². The fourth-order valence-electron chi connectivity index (χ4n) is 3.44. The molecule has 9 heteroatoms. The molecule has 1 heterocycles. The molecule has 0 aromatic heterocycles. The number of hydrogen-bond acceptors (Lipinski definition) is 8. The maximum Gasteiger partial charge on any atom is 0.229 e. The van der Waals surface area contributed by atoms with Crippen molar-refractivity contribution < 1.29 is 28.5 Å². The Hall–Kier alpha value is -2.00. The van der Waals surface area contributed by atoms with Crippen molar-refractivity contribution in [3.63, 3.8) is 0 Å². The normalized spacial score (nSPS) is 18.9. The lowest BCUT2D eigenvalue weighted by molar-refractivity contribution is -0.147. The van der Waals surface area contributed by atoms with Crippen molar-refractivity contribution in [1.82, 2.24) is 4.90 Å². The van der Waals surface area contributed by atoms with Crippen molar-refractivity contribution >= 4 is 40.2 Å². The second-order valence-corrected chi connectivity index (χ2v) is 8.17. The summed E-state index contributed by atoms with van der Waals surface area (Å²) in [5.74, 6) is 1.61. The molecule has 0 aliphatic carbocycles. The van der Waals surface area contributed by atoms with E-state index in [0.717, 1.165) is 5.56 Å². The van der Waals surface area contributed by atoms with E-state index in [9.17, 15) is 9.59 Å². The Balaban J connectivity index is 2.39. The number of likely N-dealkylation sites (tertiary alicyclic amines) is 1. The van der Waals surface area contributed by atoms with Gasteiger partial charge in [-0.3, -0.25) is 14.5 Å². The lowest BCUT2D eigenvalue weighted by atomic mass is 9.80. The number of carbonyl (C=O) groups is 2. The summed E-state index contributed by atoms with van der Waals surface area (Å²) in [5, 5.41) is 0. The lowest BCUT2D eigenvalue weighted by Gasteiger charge is -2.37. The molecule has 1 saturated heterocycles. The summed E-state index contributed by atoms with van der Waals surface area (Å²) in [5.41, 5.74) is 0.893. The second kappa shape index (κ2) is 10.7. The van der Waals surface area contributed by atoms with Crippen LogP contribution in [0, 0.1) is 5.92 Å². The zero-order chi connectivity index (χ0) is 21.6.